The summed E-state index contributed by atoms with van der Waals surface area (Å²) in [5, 5.41) is 5.85. The van der Waals surface area contributed by atoms with Crippen LogP contribution in [0.5, 0.6) is 0 Å². The van der Waals surface area contributed by atoms with Gasteiger partial charge < -0.3 is 5.32 Å². The topological polar surface area (TPSA) is 88.4 Å². The number of aromatic nitrogens is 2. The number of nitrogens with one attached hydrogen (secondary N) is 2. The summed E-state index contributed by atoms with van der Waals surface area (Å²) in [7, 11) is 1.78. The number of rotatable bonds is 5. The van der Waals surface area contributed by atoms with E-state index in [1.54, 1.807) is 16.2 Å². The monoisotopic (exact) mass is 489 g/mol. The van der Waals surface area contributed by atoms with Crippen molar-refractivity contribution in [2.45, 2.75) is 57.5 Å². The van der Waals surface area contributed by atoms with Crippen molar-refractivity contribution in [1.29, 1.82) is 0 Å². The molecule has 9 heteroatoms. The fraction of sp³-hybridized carbons (Fsp3) is 0.640. The minimum absolute atomic E-state index is 0. The minimum Gasteiger partial charge on any atom is -0.317 e. The highest BCUT2D eigenvalue weighted by molar-refractivity contribution is 6.00. The number of piperidine rings is 3. The molecule has 1 atom stereocenters. The maximum atomic E-state index is 13.1. The van der Waals surface area contributed by atoms with E-state index in [9.17, 15) is 14.4 Å². The summed E-state index contributed by atoms with van der Waals surface area (Å²) in [5.74, 6) is 1.06. The van der Waals surface area contributed by atoms with Gasteiger partial charge >= 0.3 is 5.69 Å². The van der Waals surface area contributed by atoms with E-state index >= 15 is 0 Å². The number of halogens is 1. The smallest absolute Gasteiger partial charge is 0.317 e. The first-order chi connectivity index (χ1) is 16.0. The molecule has 0 bridgehead atoms. The molecule has 3 aliphatic rings. The molecule has 0 aliphatic carbocycles. The molecule has 1 unspecified atom stereocenters. The van der Waals surface area contributed by atoms with Gasteiger partial charge in [0.25, 0.3) is 0 Å². The summed E-state index contributed by atoms with van der Waals surface area (Å²) < 4.78 is 3.24. The Balaban J connectivity index is 0.00000274. The van der Waals surface area contributed by atoms with E-state index < -0.39 is 6.04 Å². The number of likely N-dealkylation sites (tertiary alicyclic amines) is 1. The first-order valence-corrected chi connectivity index (χ1v) is 12.5. The number of aryl methyl sites for hydroxylation is 1. The Morgan fingerprint density at radius 2 is 1.68 bits per heavy atom. The van der Waals surface area contributed by atoms with Gasteiger partial charge in [-0.05, 0) is 88.2 Å². The maximum Gasteiger partial charge on any atom is 0.329 e. The van der Waals surface area contributed by atoms with Crippen LogP contribution in [0.4, 0.5) is 0 Å². The van der Waals surface area contributed by atoms with Gasteiger partial charge in [-0.15, -0.1) is 12.4 Å². The van der Waals surface area contributed by atoms with Gasteiger partial charge in [0.2, 0.25) is 11.8 Å². The van der Waals surface area contributed by atoms with Crippen LogP contribution in [-0.4, -0.2) is 52.0 Å². The lowest BCUT2D eigenvalue weighted by Gasteiger charge is -2.34. The van der Waals surface area contributed by atoms with E-state index in [0.717, 1.165) is 48.1 Å². The molecule has 2 aromatic rings. The SMILES string of the molecule is Cl.Cn1c(=O)n(C2CCC(=O)NC2=O)c2cccc(CN3CCC(CC4CCNCC4)CC3)c21. The molecule has 5 rings (SSSR count). The lowest BCUT2D eigenvalue weighted by Crippen LogP contribution is -2.44. The van der Waals surface area contributed by atoms with Gasteiger partial charge in [-0.1, -0.05) is 12.1 Å². The molecule has 8 nitrogen and oxygen atoms in total. The number of para-hydroxylation sites is 1. The van der Waals surface area contributed by atoms with Gasteiger partial charge in [-0.2, -0.15) is 0 Å². The van der Waals surface area contributed by atoms with E-state index in [1.165, 1.54) is 45.2 Å². The Labute approximate surface area is 206 Å². The van der Waals surface area contributed by atoms with Gasteiger partial charge in [-0.25, -0.2) is 4.79 Å². The fourth-order valence-electron chi connectivity index (χ4n) is 6.09. The third kappa shape index (κ3) is 4.95. The van der Waals surface area contributed by atoms with Gasteiger partial charge in [0.1, 0.15) is 6.04 Å². The van der Waals surface area contributed by atoms with Crippen LogP contribution in [0.1, 0.15) is 56.6 Å². The van der Waals surface area contributed by atoms with Crippen LogP contribution in [0.3, 0.4) is 0 Å². The maximum absolute atomic E-state index is 13.1. The normalized spacial score (nSPS) is 23.1. The van der Waals surface area contributed by atoms with Crippen LogP contribution in [0.2, 0.25) is 0 Å². The van der Waals surface area contributed by atoms with Crippen LogP contribution in [0.25, 0.3) is 11.0 Å². The molecule has 2 amide bonds. The number of imidazole rings is 1. The molecule has 0 saturated carbocycles. The first-order valence-electron chi connectivity index (χ1n) is 12.5. The van der Waals surface area contributed by atoms with Gasteiger partial charge in [-0.3, -0.25) is 28.9 Å². The van der Waals surface area contributed by atoms with Gasteiger partial charge in [0.15, 0.2) is 0 Å². The van der Waals surface area contributed by atoms with E-state index in [4.69, 9.17) is 0 Å². The average Bonchev–Trinajstić information content (AvgIpc) is 3.07. The molecule has 1 aromatic carbocycles. The number of hydrogen-bond acceptors (Lipinski definition) is 5. The zero-order valence-electron chi connectivity index (χ0n) is 19.9. The molecule has 3 saturated heterocycles. The van der Waals surface area contributed by atoms with Crippen LogP contribution < -0.4 is 16.3 Å². The van der Waals surface area contributed by atoms with Crippen LogP contribution >= 0.6 is 12.4 Å². The first kappa shape index (κ1) is 24.9. The summed E-state index contributed by atoms with van der Waals surface area (Å²) in [4.78, 5) is 39.7. The third-order valence-corrected chi connectivity index (χ3v) is 7.93. The number of benzene rings is 1. The molecule has 186 valence electrons. The van der Waals surface area contributed by atoms with E-state index in [0.29, 0.717) is 6.42 Å². The van der Waals surface area contributed by atoms with E-state index in [-0.39, 0.29) is 36.3 Å². The highest BCUT2D eigenvalue weighted by Gasteiger charge is 2.32. The number of carbonyl (C=O) groups excluding carboxylic acids is 2. The second kappa shape index (κ2) is 10.6. The third-order valence-electron chi connectivity index (χ3n) is 7.93. The number of hydrogen-bond donors (Lipinski definition) is 2. The van der Waals surface area contributed by atoms with E-state index in [2.05, 4.69) is 21.6 Å². The second-order valence-electron chi connectivity index (χ2n) is 10.1. The summed E-state index contributed by atoms with van der Waals surface area (Å²) in [6.45, 7) is 5.33. The van der Waals surface area contributed by atoms with Crippen LogP contribution in [0.15, 0.2) is 23.0 Å². The van der Waals surface area contributed by atoms with Crippen molar-refractivity contribution in [2.24, 2.45) is 18.9 Å². The molecule has 4 heterocycles. The average molecular weight is 490 g/mol. The Morgan fingerprint density at radius 3 is 2.38 bits per heavy atom. The molecule has 2 N–H and O–H groups in total. The highest BCUT2D eigenvalue weighted by Crippen LogP contribution is 2.30. The number of nitrogens with zero attached hydrogens (tertiary/aromatic N) is 3. The lowest BCUT2D eigenvalue weighted by atomic mass is 9.83. The van der Waals surface area contributed by atoms with Gasteiger partial charge in [0, 0.05) is 20.0 Å². The van der Waals surface area contributed by atoms with Gasteiger partial charge in [0.05, 0.1) is 11.0 Å². The molecule has 0 spiro atoms. The van der Waals surface area contributed by atoms with Crippen molar-refractivity contribution in [1.82, 2.24) is 24.7 Å². The Morgan fingerprint density at radius 1 is 0.971 bits per heavy atom. The van der Waals surface area contributed by atoms with Crippen molar-refractivity contribution in [3.05, 3.63) is 34.2 Å². The highest BCUT2D eigenvalue weighted by atomic mass is 35.5. The lowest BCUT2D eigenvalue weighted by molar-refractivity contribution is -0.135. The predicted octanol–water partition coefficient (Wildman–Crippen LogP) is 2.34. The fourth-order valence-corrected chi connectivity index (χ4v) is 6.09. The molecular weight excluding hydrogens is 454 g/mol. The molecule has 1 aromatic heterocycles. The number of imide groups is 1. The summed E-state index contributed by atoms with van der Waals surface area (Å²) in [5.41, 5.74) is 2.59. The standard InChI is InChI=1S/C25H35N5O3.ClH/c1-28-23-19(16-29-13-9-18(10-14-29)15-17-7-11-26-12-8-17)3-2-4-20(23)30(25(28)33)21-5-6-22(31)27-24(21)32;/h2-4,17-18,21,26H,5-16H2,1H3,(H,27,31,32);1H. The molecule has 34 heavy (non-hydrogen) atoms. The number of carbonyl (C=O) groups is 2. The van der Waals surface area contributed by atoms with Crippen LogP contribution in [-0.2, 0) is 23.2 Å². The number of fused-ring (bicyclic) bond motifs is 1. The van der Waals surface area contributed by atoms with Crippen molar-refractivity contribution in [3.8, 4) is 0 Å². The van der Waals surface area contributed by atoms with Crippen molar-refractivity contribution < 1.29 is 9.59 Å². The Hall–Kier alpha value is -2.16. The largest absolute Gasteiger partial charge is 0.329 e. The van der Waals surface area contributed by atoms with Crippen molar-refractivity contribution >= 4 is 35.3 Å². The Kier molecular flexibility index (Phi) is 7.80. The zero-order valence-corrected chi connectivity index (χ0v) is 20.7. The van der Waals surface area contributed by atoms with Crippen LogP contribution in [0, 0.1) is 11.8 Å². The summed E-state index contributed by atoms with van der Waals surface area (Å²) in [6.07, 6.45) is 7.12. The minimum atomic E-state index is -0.639. The summed E-state index contributed by atoms with van der Waals surface area (Å²) in [6, 6.07) is 5.34. The van der Waals surface area contributed by atoms with Crippen molar-refractivity contribution in [2.75, 3.05) is 26.2 Å². The molecule has 0 radical (unpaired) electrons. The zero-order chi connectivity index (χ0) is 22.9. The molecular formula is C25H36ClN5O3. The van der Waals surface area contributed by atoms with Crippen molar-refractivity contribution in [3.63, 3.8) is 0 Å². The quantitative estimate of drug-likeness (QED) is 0.629. The summed E-state index contributed by atoms with van der Waals surface area (Å²) >= 11 is 0. The Bertz CT molecular complexity index is 1100. The molecule has 3 fully saturated rings. The molecule has 3 aliphatic heterocycles. The second-order valence-corrected chi connectivity index (χ2v) is 10.1. The predicted molar refractivity (Wildman–Crippen MR) is 134 cm³/mol. The number of amides is 2. The van der Waals surface area contributed by atoms with E-state index in [1.807, 2.05) is 12.1 Å².